The second-order valence-electron chi connectivity index (χ2n) is 6.00. The van der Waals surface area contributed by atoms with Gasteiger partial charge in [0.25, 0.3) is 5.91 Å². The summed E-state index contributed by atoms with van der Waals surface area (Å²) < 4.78 is 0. The van der Waals surface area contributed by atoms with Gasteiger partial charge in [0.2, 0.25) is 5.91 Å². The van der Waals surface area contributed by atoms with Gasteiger partial charge < -0.3 is 15.7 Å². The Kier molecular flexibility index (Phi) is 5.19. The minimum Gasteiger partial charge on any atom is -0.389 e. The lowest BCUT2D eigenvalue weighted by molar-refractivity contribution is -0.121. The molecule has 1 aromatic rings. The Bertz CT molecular complexity index is 563. The van der Waals surface area contributed by atoms with Crippen LogP contribution in [0.3, 0.4) is 0 Å². The van der Waals surface area contributed by atoms with Crippen molar-refractivity contribution in [1.29, 1.82) is 0 Å². The highest BCUT2D eigenvalue weighted by molar-refractivity contribution is 6.00. The second-order valence-corrected chi connectivity index (χ2v) is 6.00. The molecule has 5 nitrogen and oxygen atoms in total. The molecule has 0 aliphatic carbocycles. The maximum absolute atomic E-state index is 12.2. The van der Waals surface area contributed by atoms with E-state index in [4.69, 9.17) is 0 Å². The van der Waals surface area contributed by atoms with Gasteiger partial charge in [-0.25, -0.2) is 0 Å². The van der Waals surface area contributed by atoms with Crippen molar-refractivity contribution in [2.24, 2.45) is 0 Å². The van der Waals surface area contributed by atoms with Gasteiger partial charge in [0.15, 0.2) is 0 Å². The number of hydrogen-bond acceptors (Lipinski definition) is 3. The molecule has 1 aromatic carbocycles. The largest absolute Gasteiger partial charge is 0.389 e. The molecule has 0 radical (unpaired) electrons. The molecule has 1 aliphatic heterocycles. The molecule has 1 heterocycles. The maximum Gasteiger partial charge on any atom is 0.251 e. The molecule has 0 spiro atoms. The van der Waals surface area contributed by atoms with Crippen LogP contribution in [0.5, 0.6) is 0 Å². The molecule has 3 N–H and O–H groups in total. The molecule has 0 atom stereocenters. The lowest BCUT2D eigenvalue weighted by atomic mass is 9.89. The fourth-order valence-corrected chi connectivity index (χ4v) is 3.03. The molecule has 0 unspecified atom stereocenters. The van der Waals surface area contributed by atoms with Crippen LogP contribution in [-0.4, -0.2) is 22.5 Å². The number of hydrogen-bond donors (Lipinski definition) is 3. The Hall–Kier alpha value is -1.88. The number of carbonyl (C=O) groups is 2. The van der Waals surface area contributed by atoms with E-state index in [9.17, 15) is 14.7 Å². The third kappa shape index (κ3) is 3.85. The molecule has 2 amide bonds. The molecule has 0 saturated heterocycles. The zero-order chi connectivity index (χ0) is 16.2. The minimum atomic E-state index is -0.943. The van der Waals surface area contributed by atoms with Crippen molar-refractivity contribution in [2.45, 2.75) is 58.1 Å². The molecule has 2 rings (SSSR count). The lowest BCUT2D eigenvalue weighted by Crippen LogP contribution is -2.33. The topological polar surface area (TPSA) is 78.4 Å². The summed E-state index contributed by atoms with van der Waals surface area (Å²) in [4.78, 5) is 23.8. The Labute approximate surface area is 131 Å². The number of nitrogens with one attached hydrogen (secondary N) is 2. The van der Waals surface area contributed by atoms with E-state index in [0.717, 1.165) is 18.4 Å². The zero-order valence-corrected chi connectivity index (χ0v) is 13.2. The molecule has 1 aliphatic rings. The Morgan fingerprint density at radius 2 is 2.00 bits per heavy atom. The summed E-state index contributed by atoms with van der Waals surface area (Å²) in [5.41, 5.74) is 1.20. The summed E-state index contributed by atoms with van der Waals surface area (Å²) in [5, 5.41) is 16.1. The van der Waals surface area contributed by atoms with E-state index < -0.39 is 5.60 Å². The molecule has 0 bridgehead atoms. The first-order valence-corrected chi connectivity index (χ1v) is 7.91. The van der Waals surface area contributed by atoms with Crippen LogP contribution in [0.1, 0.15) is 61.9 Å². The number of anilines is 1. The average Bonchev–Trinajstić information content (AvgIpc) is 2.80. The first kappa shape index (κ1) is 16.5. The molecular formula is C17H24N2O3. The minimum absolute atomic E-state index is 0.0813. The highest BCUT2D eigenvalue weighted by atomic mass is 16.3. The smallest absolute Gasteiger partial charge is 0.251 e. The summed E-state index contributed by atoms with van der Waals surface area (Å²) in [7, 11) is 0. The highest BCUT2D eigenvalue weighted by Gasteiger charge is 2.28. The number of rotatable bonds is 7. The Morgan fingerprint density at radius 3 is 2.64 bits per heavy atom. The first-order valence-electron chi connectivity index (χ1n) is 7.91. The van der Waals surface area contributed by atoms with Gasteiger partial charge in [0.1, 0.15) is 0 Å². The van der Waals surface area contributed by atoms with Gasteiger partial charge in [-0.15, -0.1) is 0 Å². The van der Waals surface area contributed by atoms with Crippen molar-refractivity contribution in [2.75, 3.05) is 5.32 Å². The van der Waals surface area contributed by atoms with E-state index in [1.165, 1.54) is 0 Å². The lowest BCUT2D eigenvalue weighted by Gasteiger charge is -2.26. The predicted octanol–water partition coefficient (Wildman–Crippen LogP) is 2.59. The first-order chi connectivity index (χ1) is 10.5. The van der Waals surface area contributed by atoms with E-state index in [1.54, 1.807) is 12.1 Å². The fraction of sp³-hybridized carbons (Fsp3) is 0.529. The fourth-order valence-electron chi connectivity index (χ4n) is 3.03. The van der Waals surface area contributed by atoms with Gasteiger partial charge in [0.05, 0.1) is 12.0 Å². The van der Waals surface area contributed by atoms with E-state index in [1.807, 2.05) is 19.9 Å². The van der Waals surface area contributed by atoms with Crippen LogP contribution in [0, 0.1) is 0 Å². The zero-order valence-electron chi connectivity index (χ0n) is 13.2. The van der Waals surface area contributed by atoms with E-state index in [2.05, 4.69) is 10.6 Å². The number of benzene rings is 1. The van der Waals surface area contributed by atoms with Gasteiger partial charge in [-0.1, -0.05) is 32.8 Å². The summed E-state index contributed by atoms with van der Waals surface area (Å²) in [6, 6.07) is 5.32. The van der Waals surface area contributed by atoms with Crippen LogP contribution in [0.2, 0.25) is 0 Å². The van der Waals surface area contributed by atoms with Crippen molar-refractivity contribution >= 4 is 17.5 Å². The van der Waals surface area contributed by atoms with Crippen molar-refractivity contribution in [3.63, 3.8) is 0 Å². The Morgan fingerprint density at radius 1 is 1.32 bits per heavy atom. The van der Waals surface area contributed by atoms with Crippen LogP contribution in [-0.2, 0) is 11.3 Å². The molecule has 5 heteroatoms. The predicted molar refractivity (Wildman–Crippen MR) is 85.6 cm³/mol. The van der Waals surface area contributed by atoms with E-state index >= 15 is 0 Å². The number of fused-ring (bicyclic) bond motifs is 1. The van der Waals surface area contributed by atoms with Crippen molar-refractivity contribution < 1.29 is 14.7 Å². The molecule has 22 heavy (non-hydrogen) atoms. The summed E-state index contributed by atoms with van der Waals surface area (Å²) in [5.74, 6) is -0.331. The molecular weight excluding hydrogens is 280 g/mol. The van der Waals surface area contributed by atoms with Crippen molar-refractivity contribution in [3.8, 4) is 0 Å². The van der Waals surface area contributed by atoms with Gasteiger partial charge in [-0.05, 0) is 30.5 Å². The van der Waals surface area contributed by atoms with Gasteiger partial charge >= 0.3 is 0 Å². The van der Waals surface area contributed by atoms with E-state index in [0.29, 0.717) is 30.6 Å². The number of amides is 2. The van der Waals surface area contributed by atoms with Crippen molar-refractivity contribution in [3.05, 3.63) is 29.3 Å². The molecule has 0 saturated carbocycles. The standard InChI is InChI=1S/C17H24N2O3/c1-3-7-17(22,8-4-2)10-15(20)19-13-6-5-12-11-18-16(21)14(12)9-13/h5-6,9,22H,3-4,7-8,10-11H2,1-2H3,(H,18,21)(H,19,20). The van der Waals surface area contributed by atoms with Crippen LogP contribution in [0.25, 0.3) is 0 Å². The summed E-state index contributed by atoms with van der Waals surface area (Å²) >= 11 is 0. The highest BCUT2D eigenvalue weighted by Crippen LogP contribution is 2.25. The summed E-state index contributed by atoms with van der Waals surface area (Å²) in [6.45, 7) is 4.53. The Balaban J connectivity index is 2.03. The third-order valence-electron chi connectivity index (χ3n) is 4.00. The van der Waals surface area contributed by atoms with Crippen LogP contribution in [0.4, 0.5) is 5.69 Å². The normalized spacial score (nSPS) is 13.7. The molecule has 0 fully saturated rings. The summed E-state index contributed by atoms with van der Waals surface area (Å²) in [6.07, 6.45) is 2.98. The van der Waals surface area contributed by atoms with Gasteiger partial charge in [-0.2, -0.15) is 0 Å². The van der Waals surface area contributed by atoms with Crippen LogP contribution < -0.4 is 10.6 Å². The molecule has 120 valence electrons. The monoisotopic (exact) mass is 304 g/mol. The second kappa shape index (κ2) is 6.92. The quantitative estimate of drug-likeness (QED) is 0.724. The third-order valence-corrected chi connectivity index (χ3v) is 4.00. The van der Waals surface area contributed by atoms with Gasteiger partial charge in [-0.3, -0.25) is 9.59 Å². The number of aliphatic hydroxyl groups is 1. The van der Waals surface area contributed by atoms with Gasteiger partial charge in [0, 0.05) is 17.8 Å². The maximum atomic E-state index is 12.2. The molecule has 0 aromatic heterocycles. The SMILES string of the molecule is CCCC(O)(CCC)CC(=O)Nc1ccc2c(c1)C(=O)NC2. The average molecular weight is 304 g/mol. The number of carbonyl (C=O) groups excluding carboxylic acids is 2. The van der Waals surface area contributed by atoms with Crippen LogP contribution >= 0.6 is 0 Å². The van der Waals surface area contributed by atoms with E-state index in [-0.39, 0.29) is 18.2 Å². The van der Waals surface area contributed by atoms with Crippen LogP contribution in [0.15, 0.2) is 18.2 Å². The van der Waals surface area contributed by atoms with Crippen molar-refractivity contribution in [1.82, 2.24) is 5.32 Å².